The van der Waals surface area contributed by atoms with Crippen molar-refractivity contribution >= 4 is 39.0 Å². The number of nitrogens with zero attached hydrogens (tertiary/aromatic N) is 5. The Morgan fingerprint density at radius 3 is 2.43 bits per heavy atom. The van der Waals surface area contributed by atoms with Crippen LogP contribution in [0, 0.1) is 0 Å². The minimum absolute atomic E-state index is 0. The quantitative estimate of drug-likeness (QED) is 0.519. The van der Waals surface area contributed by atoms with Gasteiger partial charge in [0.25, 0.3) is 5.91 Å². The highest BCUT2D eigenvalue weighted by molar-refractivity contribution is 7.90. The molecular formula is C27H29N5O4S. The zero-order chi connectivity index (χ0) is 25.4. The molecule has 3 aliphatic rings. The van der Waals surface area contributed by atoms with E-state index >= 15 is 0 Å². The molecule has 37 heavy (non-hydrogen) atoms. The van der Waals surface area contributed by atoms with E-state index in [9.17, 15) is 18.0 Å². The van der Waals surface area contributed by atoms with Crippen LogP contribution in [0.2, 0.25) is 0 Å². The second kappa shape index (κ2) is 8.65. The molecule has 6 rings (SSSR count). The van der Waals surface area contributed by atoms with E-state index in [-0.39, 0.29) is 35.9 Å². The van der Waals surface area contributed by atoms with Crippen LogP contribution in [0.5, 0.6) is 0 Å². The van der Waals surface area contributed by atoms with Crippen molar-refractivity contribution in [2.75, 3.05) is 28.0 Å². The number of likely N-dealkylation sites (N-methyl/N-ethyl adjacent to an activating group) is 1. The number of hydrogen-bond acceptors (Lipinski definition) is 7. The highest BCUT2D eigenvalue weighted by Crippen LogP contribution is 2.46. The predicted molar refractivity (Wildman–Crippen MR) is 142 cm³/mol. The smallest absolute Gasteiger partial charge is 0.261 e. The number of benzene rings is 1. The maximum absolute atomic E-state index is 13.9. The maximum Gasteiger partial charge on any atom is 0.261 e. The first kappa shape index (κ1) is 24.9. The second-order valence-electron chi connectivity index (χ2n) is 9.58. The van der Waals surface area contributed by atoms with Crippen LogP contribution in [-0.4, -0.2) is 55.6 Å². The molecule has 2 atom stereocenters. The van der Waals surface area contributed by atoms with Crippen LogP contribution in [0.1, 0.15) is 54.7 Å². The largest absolute Gasteiger partial charge is 0.340 e. The van der Waals surface area contributed by atoms with Crippen molar-refractivity contribution in [2.45, 2.75) is 50.2 Å². The first-order chi connectivity index (χ1) is 17.2. The molecule has 4 heterocycles. The molecule has 0 saturated heterocycles. The van der Waals surface area contributed by atoms with Crippen LogP contribution in [0.15, 0.2) is 59.8 Å². The number of sulfone groups is 1. The summed E-state index contributed by atoms with van der Waals surface area (Å²) < 4.78 is 25.2. The summed E-state index contributed by atoms with van der Waals surface area (Å²) in [4.78, 5) is 41.2. The van der Waals surface area contributed by atoms with Gasteiger partial charge in [-0.2, -0.15) is 0 Å². The fourth-order valence-corrected chi connectivity index (χ4v) is 6.26. The molecule has 1 aromatic carbocycles. The Hall–Kier alpha value is -3.79. The van der Waals surface area contributed by atoms with Crippen molar-refractivity contribution in [1.29, 1.82) is 0 Å². The number of amides is 2. The zero-order valence-electron chi connectivity index (χ0n) is 20.1. The molecule has 10 heteroatoms. The lowest BCUT2D eigenvalue weighted by Gasteiger charge is -2.40. The van der Waals surface area contributed by atoms with Gasteiger partial charge in [0.2, 0.25) is 5.91 Å². The summed E-state index contributed by atoms with van der Waals surface area (Å²) in [5, 5.41) is 0. The zero-order valence-corrected chi connectivity index (χ0v) is 20.9. The molecule has 0 radical (unpaired) electrons. The lowest BCUT2D eigenvalue weighted by atomic mass is 9.99. The SMILES string of the molecule is C.CC1C(=O)N(C)c2ccc(N3C(=O)c4c(cccc4S(C)(=O)=O)C3c3cccnc3)nc2N1C1CC1. The number of fused-ring (bicyclic) bond motifs is 2. The van der Waals surface area contributed by atoms with Gasteiger partial charge in [-0.25, -0.2) is 13.4 Å². The van der Waals surface area contributed by atoms with E-state index in [0.717, 1.165) is 24.7 Å². The Morgan fingerprint density at radius 1 is 1.03 bits per heavy atom. The van der Waals surface area contributed by atoms with E-state index in [2.05, 4.69) is 9.88 Å². The fraction of sp³-hybridized carbons (Fsp3) is 0.333. The second-order valence-corrected chi connectivity index (χ2v) is 11.6. The van der Waals surface area contributed by atoms with Crippen molar-refractivity contribution in [2.24, 2.45) is 0 Å². The summed E-state index contributed by atoms with van der Waals surface area (Å²) in [5.41, 5.74) is 2.19. The summed E-state index contributed by atoms with van der Waals surface area (Å²) in [6.45, 7) is 1.88. The summed E-state index contributed by atoms with van der Waals surface area (Å²) in [6, 6.07) is 11.4. The van der Waals surface area contributed by atoms with Gasteiger partial charge in [0.1, 0.15) is 11.9 Å². The summed E-state index contributed by atoms with van der Waals surface area (Å²) in [7, 11) is -1.92. The average Bonchev–Trinajstić information content (AvgIpc) is 3.65. The average molecular weight is 520 g/mol. The van der Waals surface area contributed by atoms with Gasteiger partial charge in [-0.05, 0) is 55.2 Å². The summed E-state index contributed by atoms with van der Waals surface area (Å²) in [5.74, 6) is 0.615. The molecule has 0 N–H and O–H groups in total. The molecule has 192 valence electrons. The highest BCUT2D eigenvalue weighted by Gasteiger charge is 2.45. The third-order valence-corrected chi connectivity index (χ3v) is 8.32. The topological polar surface area (TPSA) is 104 Å². The molecular weight excluding hydrogens is 490 g/mol. The minimum atomic E-state index is -3.65. The van der Waals surface area contributed by atoms with E-state index in [1.54, 1.807) is 53.5 Å². The Bertz CT molecular complexity index is 1520. The van der Waals surface area contributed by atoms with Gasteiger partial charge in [-0.15, -0.1) is 0 Å². The number of rotatable bonds is 4. The fourth-order valence-electron chi connectivity index (χ4n) is 5.35. The van der Waals surface area contributed by atoms with E-state index in [1.165, 1.54) is 6.07 Å². The first-order valence-electron chi connectivity index (χ1n) is 11.8. The normalized spacial score (nSPS) is 21.0. The predicted octanol–water partition coefficient (Wildman–Crippen LogP) is 3.60. The molecule has 1 fully saturated rings. The Balaban J connectivity index is 0.00000280. The number of anilines is 3. The molecule has 2 aliphatic heterocycles. The van der Waals surface area contributed by atoms with E-state index in [4.69, 9.17) is 4.98 Å². The van der Waals surface area contributed by atoms with Gasteiger partial charge in [0, 0.05) is 31.7 Å². The third kappa shape index (κ3) is 3.78. The molecule has 3 aromatic rings. The number of aromatic nitrogens is 2. The van der Waals surface area contributed by atoms with Gasteiger partial charge >= 0.3 is 0 Å². The maximum atomic E-state index is 13.9. The number of carbonyl (C=O) groups is 2. The van der Waals surface area contributed by atoms with Gasteiger partial charge < -0.3 is 9.80 Å². The number of hydrogen-bond donors (Lipinski definition) is 0. The van der Waals surface area contributed by atoms with Gasteiger partial charge in [-0.3, -0.25) is 19.5 Å². The standard InChI is InChI=1S/C26H25N5O4S.CH4/c1-15-25(32)29(2)19-11-12-21(28-24(19)30(15)17-9-10-17)31-23(16-6-5-13-27-14-16)18-7-4-8-20(36(3,34)35)22(18)26(31)33;/h4-8,11-15,17,23H,9-10H2,1-3H3;1H4. The molecule has 2 amide bonds. The van der Waals surface area contributed by atoms with Gasteiger partial charge in [0.15, 0.2) is 15.7 Å². The molecule has 1 aliphatic carbocycles. The molecule has 0 spiro atoms. The van der Waals surface area contributed by atoms with E-state index < -0.39 is 21.8 Å². The molecule has 1 saturated carbocycles. The van der Waals surface area contributed by atoms with Crippen molar-refractivity contribution in [3.63, 3.8) is 0 Å². The Morgan fingerprint density at radius 2 is 1.78 bits per heavy atom. The van der Waals surface area contributed by atoms with Crippen LogP contribution in [-0.2, 0) is 14.6 Å². The van der Waals surface area contributed by atoms with Gasteiger partial charge in [-0.1, -0.05) is 25.6 Å². The van der Waals surface area contributed by atoms with Crippen LogP contribution in [0.25, 0.3) is 0 Å². The Kier molecular flexibility index (Phi) is 5.82. The third-order valence-electron chi connectivity index (χ3n) is 7.18. The highest BCUT2D eigenvalue weighted by atomic mass is 32.2. The summed E-state index contributed by atoms with van der Waals surface area (Å²) in [6.07, 6.45) is 6.40. The number of pyridine rings is 2. The van der Waals surface area contributed by atoms with Crippen molar-refractivity contribution in [3.05, 3.63) is 71.5 Å². The van der Waals surface area contributed by atoms with Crippen molar-refractivity contribution < 1.29 is 18.0 Å². The monoisotopic (exact) mass is 519 g/mol. The van der Waals surface area contributed by atoms with E-state index in [1.807, 2.05) is 19.1 Å². The molecule has 0 bridgehead atoms. The molecule has 2 aromatic heterocycles. The Labute approximate surface area is 216 Å². The first-order valence-corrected chi connectivity index (χ1v) is 13.7. The van der Waals surface area contributed by atoms with Crippen LogP contribution in [0.3, 0.4) is 0 Å². The van der Waals surface area contributed by atoms with Gasteiger partial charge in [0.05, 0.1) is 22.2 Å². The lowest BCUT2D eigenvalue weighted by Crippen LogP contribution is -2.52. The minimum Gasteiger partial charge on any atom is -0.340 e. The lowest BCUT2D eigenvalue weighted by molar-refractivity contribution is -0.119. The molecule has 9 nitrogen and oxygen atoms in total. The number of carbonyl (C=O) groups excluding carboxylic acids is 2. The van der Waals surface area contributed by atoms with E-state index in [0.29, 0.717) is 22.9 Å². The summed E-state index contributed by atoms with van der Waals surface area (Å²) >= 11 is 0. The van der Waals surface area contributed by atoms with Crippen LogP contribution in [0.4, 0.5) is 17.3 Å². The van der Waals surface area contributed by atoms with Crippen molar-refractivity contribution in [1.82, 2.24) is 9.97 Å². The van der Waals surface area contributed by atoms with Crippen LogP contribution >= 0.6 is 0 Å². The molecule has 2 unspecified atom stereocenters. The van der Waals surface area contributed by atoms with Crippen LogP contribution < -0.4 is 14.7 Å². The van der Waals surface area contributed by atoms with Crippen molar-refractivity contribution in [3.8, 4) is 0 Å².